The van der Waals surface area contributed by atoms with Crippen LogP contribution in [0, 0.1) is 0 Å². The first kappa shape index (κ1) is 21.3. The molecule has 1 aliphatic rings. The number of carbonyl (C=O) groups is 2. The number of furan rings is 1. The molecule has 0 aliphatic carbocycles. The largest absolute Gasteiger partial charge is 0.459 e. The second-order valence-corrected chi connectivity index (χ2v) is 8.43. The fraction of sp³-hybridized carbons (Fsp3) is 0.250. The summed E-state index contributed by atoms with van der Waals surface area (Å²) in [6, 6.07) is 18.6. The number of amides is 2. The van der Waals surface area contributed by atoms with Crippen LogP contribution < -0.4 is 10.6 Å². The van der Waals surface area contributed by atoms with Crippen LogP contribution in [-0.4, -0.2) is 25.0 Å². The second-order valence-electron chi connectivity index (χ2n) is 7.52. The molecule has 1 aromatic heterocycles. The minimum atomic E-state index is -0.607. The lowest BCUT2D eigenvalue weighted by Gasteiger charge is -2.36. The maximum atomic E-state index is 13.3. The van der Waals surface area contributed by atoms with Crippen LogP contribution in [-0.2, 0) is 21.5 Å². The molecule has 0 bridgehead atoms. The number of hydrogen-bond acceptors (Lipinski definition) is 4. The van der Waals surface area contributed by atoms with Crippen LogP contribution >= 0.6 is 15.9 Å². The molecule has 31 heavy (non-hydrogen) atoms. The van der Waals surface area contributed by atoms with Crippen molar-refractivity contribution >= 4 is 33.4 Å². The van der Waals surface area contributed by atoms with E-state index >= 15 is 0 Å². The van der Waals surface area contributed by atoms with Crippen LogP contribution in [0.1, 0.15) is 34.5 Å². The molecule has 4 rings (SSSR count). The normalized spacial score (nSPS) is 15.3. The number of rotatable bonds is 6. The summed E-state index contributed by atoms with van der Waals surface area (Å²) in [5.74, 6) is -0.0830. The van der Waals surface area contributed by atoms with Gasteiger partial charge in [0.05, 0.1) is 11.7 Å². The summed E-state index contributed by atoms with van der Waals surface area (Å²) in [5.41, 5.74) is 1.92. The molecule has 0 atom stereocenters. The Morgan fingerprint density at radius 3 is 2.48 bits per heavy atom. The predicted molar refractivity (Wildman–Crippen MR) is 121 cm³/mol. The molecule has 2 N–H and O–H groups in total. The lowest BCUT2D eigenvalue weighted by Crippen LogP contribution is -2.47. The van der Waals surface area contributed by atoms with Crippen LogP contribution in [0.5, 0.6) is 0 Å². The third-order valence-electron chi connectivity index (χ3n) is 5.56. The number of hydrogen-bond donors (Lipinski definition) is 2. The van der Waals surface area contributed by atoms with E-state index in [2.05, 4.69) is 26.6 Å². The van der Waals surface area contributed by atoms with Crippen molar-refractivity contribution in [1.29, 1.82) is 0 Å². The highest BCUT2D eigenvalue weighted by Gasteiger charge is 2.41. The van der Waals surface area contributed by atoms with Crippen LogP contribution in [0.4, 0.5) is 5.69 Å². The van der Waals surface area contributed by atoms with Gasteiger partial charge in [-0.2, -0.15) is 0 Å². The summed E-state index contributed by atoms with van der Waals surface area (Å²) < 4.78 is 11.6. The molecule has 0 radical (unpaired) electrons. The average Bonchev–Trinajstić information content (AvgIpc) is 3.34. The number of anilines is 1. The third-order valence-corrected chi connectivity index (χ3v) is 6.09. The van der Waals surface area contributed by atoms with Gasteiger partial charge in [-0.05, 0) is 60.4 Å². The van der Waals surface area contributed by atoms with Gasteiger partial charge in [0.2, 0.25) is 5.91 Å². The first-order valence-electron chi connectivity index (χ1n) is 10.1. The van der Waals surface area contributed by atoms with Crippen LogP contribution in [0.25, 0.3) is 0 Å². The number of carbonyl (C=O) groups excluding carboxylic acids is 2. The first-order chi connectivity index (χ1) is 15.1. The topological polar surface area (TPSA) is 80.6 Å². The zero-order valence-electron chi connectivity index (χ0n) is 16.9. The molecule has 160 valence electrons. The van der Waals surface area contributed by atoms with Gasteiger partial charge in [-0.25, -0.2) is 0 Å². The Morgan fingerprint density at radius 2 is 1.77 bits per heavy atom. The van der Waals surface area contributed by atoms with E-state index in [1.54, 1.807) is 18.2 Å². The monoisotopic (exact) mass is 482 g/mol. The highest BCUT2D eigenvalue weighted by molar-refractivity contribution is 9.10. The zero-order chi connectivity index (χ0) is 21.7. The van der Waals surface area contributed by atoms with Crippen molar-refractivity contribution in [3.8, 4) is 0 Å². The molecule has 1 saturated heterocycles. The number of benzene rings is 2. The first-order valence-corrected chi connectivity index (χ1v) is 10.9. The van der Waals surface area contributed by atoms with Crippen molar-refractivity contribution in [3.63, 3.8) is 0 Å². The molecule has 3 aromatic rings. The Hall–Kier alpha value is -2.90. The van der Waals surface area contributed by atoms with E-state index in [4.69, 9.17) is 9.15 Å². The molecule has 2 heterocycles. The summed E-state index contributed by atoms with van der Waals surface area (Å²) in [7, 11) is 0. The van der Waals surface area contributed by atoms with Crippen molar-refractivity contribution in [2.75, 3.05) is 18.5 Å². The molecular weight excluding hydrogens is 460 g/mol. The lowest BCUT2D eigenvalue weighted by molar-refractivity contribution is -0.130. The van der Waals surface area contributed by atoms with Crippen molar-refractivity contribution in [3.05, 3.63) is 88.3 Å². The minimum absolute atomic E-state index is 0.0110. The van der Waals surface area contributed by atoms with Gasteiger partial charge in [0.15, 0.2) is 5.76 Å². The quantitative estimate of drug-likeness (QED) is 0.535. The van der Waals surface area contributed by atoms with Gasteiger partial charge in [0, 0.05) is 29.9 Å². The van der Waals surface area contributed by atoms with E-state index in [1.807, 2.05) is 42.5 Å². The number of ether oxygens (including phenoxy) is 1. The van der Waals surface area contributed by atoms with Gasteiger partial charge < -0.3 is 19.8 Å². The lowest BCUT2D eigenvalue weighted by atomic mass is 9.73. The Morgan fingerprint density at radius 1 is 1.00 bits per heavy atom. The Bertz CT molecular complexity index is 1040. The zero-order valence-corrected chi connectivity index (χ0v) is 18.5. The van der Waals surface area contributed by atoms with Crippen molar-refractivity contribution in [2.24, 2.45) is 0 Å². The summed E-state index contributed by atoms with van der Waals surface area (Å²) in [6.45, 7) is 1.47. The second kappa shape index (κ2) is 9.49. The highest BCUT2D eigenvalue weighted by atomic mass is 79.9. The van der Waals surface area contributed by atoms with E-state index < -0.39 is 5.41 Å². The fourth-order valence-corrected chi connectivity index (χ4v) is 4.11. The maximum Gasteiger partial charge on any atom is 0.291 e. The average molecular weight is 483 g/mol. The Labute approximate surface area is 189 Å². The number of nitrogens with one attached hydrogen (secondary N) is 2. The molecule has 6 nitrogen and oxygen atoms in total. The molecule has 0 unspecified atom stereocenters. The highest BCUT2D eigenvalue weighted by Crippen LogP contribution is 2.36. The molecule has 0 saturated carbocycles. The minimum Gasteiger partial charge on any atom is -0.459 e. The molecule has 7 heteroatoms. The van der Waals surface area contributed by atoms with Gasteiger partial charge in [-0.3, -0.25) is 9.59 Å². The van der Waals surface area contributed by atoms with Gasteiger partial charge in [-0.1, -0.05) is 40.2 Å². The summed E-state index contributed by atoms with van der Waals surface area (Å²) in [5, 5.41) is 5.90. The van der Waals surface area contributed by atoms with E-state index in [1.165, 1.54) is 6.26 Å². The van der Waals surface area contributed by atoms with E-state index in [0.29, 0.717) is 38.3 Å². The Kier molecular flexibility index (Phi) is 6.53. The predicted octanol–water partition coefficient (Wildman–Crippen LogP) is 4.66. The van der Waals surface area contributed by atoms with Gasteiger partial charge >= 0.3 is 0 Å². The fourth-order valence-electron chi connectivity index (χ4n) is 3.85. The van der Waals surface area contributed by atoms with Crippen LogP contribution in [0.2, 0.25) is 0 Å². The van der Waals surface area contributed by atoms with Gasteiger partial charge in [0.25, 0.3) is 5.91 Å². The van der Waals surface area contributed by atoms with Crippen LogP contribution in [0.3, 0.4) is 0 Å². The molecule has 2 amide bonds. The van der Waals surface area contributed by atoms with Crippen molar-refractivity contribution < 1.29 is 18.7 Å². The van der Waals surface area contributed by atoms with Crippen molar-refractivity contribution in [2.45, 2.75) is 24.8 Å². The van der Waals surface area contributed by atoms with E-state index in [9.17, 15) is 9.59 Å². The molecule has 1 fully saturated rings. The van der Waals surface area contributed by atoms with E-state index in [0.717, 1.165) is 15.6 Å². The van der Waals surface area contributed by atoms with Gasteiger partial charge in [0.1, 0.15) is 0 Å². The summed E-state index contributed by atoms with van der Waals surface area (Å²) >= 11 is 3.46. The number of halogens is 1. The van der Waals surface area contributed by atoms with Crippen LogP contribution in [0.15, 0.2) is 75.8 Å². The maximum absolute atomic E-state index is 13.3. The smallest absolute Gasteiger partial charge is 0.291 e. The third kappa shape index (κ3) is 4.89. The summed E-state index contributed by atoms with van der Waals surface area (Å²) in [4.78, 5) is 25.5. The molecular formula is C24H23BrN2O4. The molecule has 1 aliphatic heterocycles. The standard InChI is InChI=1S/C24H23BrN2O4/c25-19-8-6-18(7-9-19)24(10-13-30-14-11-24)23(29)26-16-17-3-1-4-20(15-17)27-22(28)21-5-2-12-31-21/h1-9,12,15H,10-11,13-14,16H2,(H,26,29)(H,27,28). The molecule has 0 spiro atoms. The molecule has 2 aromatic carbocycles. The SMILES string of the molecule is O=C(Nc1cccc(CNC(=O)C2(c3ccc(Br)cc3)CCOCC2)c1)c1ccco1. The van der Waals surface area contributed by atoms with Gasteiger partial charge in [-0.15, -0.1) is 0 Å². The Balaban J connectivity index is 1.45. The van der Waals surface area contributed by atoms with E-state index in [-0.39, 0.29) is 17.6 Å². The van der Waals surface area contributed by atoms with Crippen molar-refractivity contribution in [1.82, 2.24) is 5.32 Å². The summed E-state index contributed by atoms with van der Waals surface area (Å²) in [6.07, 6.45) is 2.73.